The third kappa shape index (κ3) is 4.30. The van der Waals surface area contributed by atoms with Crippen molar-refractivity contribution in [3.63, 3.8) is 0 Å². The Morgan fingerprint density at radius 1 is 0.917 bits per heavy atom. The number of nitrogens with zero attached hydrogens (tertiary/aromatic N) is 7. The van der Waals surface area contributed by atoms with Crippen LogP contribution in [0.15, 0.2) is 30.5 Å². The molecule has 0 fully saturated rings. The summed E-state index contributed by atoms with van der Waals surface area (Å²) in [6.45, 7) is 8.29. The van der Waals surface area contributed by atoms with E-state index in [0.717, 1.165) is 40.0 Å². The molecule has 0 spiro atoms. The maximum absolute atomic E-state index is 12.7. The van der Waals surface area contributed by atoms with Crippen LogP contribution in [0.1, 0.15) is 39.1 Å². The second kappa shape index (κ2) is 8.91. The Labute approximate surface area is 209 Å². The van der Waals surface area contributed by atoms with Gasteiger partial charge in [0.15, 0.2) is 5.82 Å². The minimum Gasteiger partial charge on any atom is -0.364 e. The molecule has 4 heterocycles. The van der Waals surface area contributed by atoms with Gasteiger partial charge in [-0.2, -0.15) is 5.10 Å². The lowest BCUT2D eigenvalue weighted by molar-refractivity contribution is 0.0963. The lowest BCUT2D eigenvalue weighted by atomic mass is 10.1. The van der Waals surface area contributed by atoms with Gasteiger partial charge in [-0.1, -0.05) is 0 Å². The summed E-state index contributed by atoms with van der Waals surface area (Å²) >= 11 is 0. The number of fused-ring (bicyclic) bond motifs is 3. The summed E-state index contributed by atoms with van der Waals surface area (Å²) in [7, 11) is 3.62. The molecule has 1 aliphatic rings. The Bertz CT molecular complexity index is 1470. The number of aromatic nitrogens is 6. The van der Waals surface area contributed by atoms with Crippen molar-refractivity contribution >= 4 is 34.6 Å². The van der Waals surface area contributed by atoms with E-state index in [2.05, 4.69) is 58.0 Å². The first kappa shape index (κ1) is 23.2. The van der Waals surface area contributed by atoms with Crippen LogP contribution in [0.2, 0.25) is 0 Å². The molecule has 0 radical (unpaired) electrons. The van der Waals surface area contributed by atoms with Crippen molar-refractivity contribution in [2.24, 2.45) is 0 Å². The Hall–Kier alpha value is -4.54. The highest BCUT2D eigenvalue weighted by Crippen LogP contribution is 2.40. The van der Waals surface area contributed by atoms with Gasteiger partial charge in [-0.15, -0.1) is 0 Å². The van der Waals surface area contributed by atoms with Crippen molar-refractivity contribution in [1.82, 2.24) is 35.0 Å². The molecule has 11 heteroatoms. The number of amides is 1. The molecule has 3 aromatic heterocycles. The molecular weight excluding hydrogens is 456 g/mol. The molecule has 5 rings (SSSR count). The molecule has 3 N–H and O–H groups in total. The van der Waals surface area contributed by atoms with Crippen molar-refractivity contribution in [1.29, 1.82) is 0 Å². The van der Waals surface area contributed by atoms with Crippen LogP contribution in [0.25, 0.3) is 5.69 Å². The van der Waals surface area contributed by atoms with E-state index in [4.69, 9.17) is 0 Å². The molecular formula is C25H28N10O. The van der Waals surface area contributed by atoms with Crippen LogP contribution in [-0.2, 0) is 6.54 Å². The van der Waals surface area contributed by atoms with Gasteiger partial charge in [0.25, 0.3) is 5.91 Å². The Morgan fingerprint density at radius 2 is 1.72 bits per heavy atom. The number of hydrogen-bond donors (Lipinski definition) is 3. The summed E-state index contributed by atoms with van der Waals surface area (Å²) in [4.78, 5) is 32.6. The predicted molar refractivity (Wildman–Crippen MR) is 139 cm³/mol. The van der Waals surface area contributed by atoms with Gasteiger partial charge in [-0.05, 0) is 45.4 Å². The fourth-order valence-electron chi connectivity index (χ4n) is 4.46. The molecule has 11 nitrogen and oxygen atoms in total. The fourth-order valence-corrected chi connectivity index (χ4v) is 4.46. The van der Waals surface area contributed by atoms with E-state index in [1.54, 1.807) is 19.3 Å². The maximum atomic E-state index is 12.7. The van der Waals surface area contributed by atoms with Gasteiger partial charge in [-0.25, -0.2) is 24.6 Å². The molecule has 0 unspecified atom stereocenters. The average Bonchev–Trinajstić information content (AvgIpc) is 3.18. The van der Waals surface area contributed by atoms with Crippen molar-refractivity contribution in [3.05, 3.63) is 64.8 Å². The van der Waals surface area contributed by atoms with Gasteiger partial charge in [0.1, 0.15) is 23.3 Å². The van der Waals surface area contributed by atoms with Crippen LogP contribution < -0.4 is 20.9 Å². The van der Waals surface area contributed by atoms with E-state index in [1.807, 2.05) is 45.5 Å². The SMILES string of the molecule is CNC(=O)c1cnc(Nc2cc(C)nc(C)n2)cc1Nc1cc(C)cc2c1N(C)Cc1nc(C)nn1-2. The topological polar surface area (TPSA) is 126 Å². The standard InChI is InChI=1S/C25H28N10O/c1-13-7-19(24-20(8-13)35-23(12-34(24)6)30-16(4)33-35)31-18-10-21(27-11-17(18)25(36)26-5)32-22-9-14(2)28-15(3)29-22/h7-11H,12H2,1-6H3,(H,26,36)(H2,27,28,29,31,32). The zero-order valence-corrected chi connectivity index (χ0v) is 21.1. The molecule has 0 saturated heterocycles. The Balaban J connectivity index is 1.59. The first-order valence-electron chi connectivity index (χ1n) is 11.6. The van der Waals surface area contributed by atoms with Crippen LogP contribution in [0, 0.1) is 27.7 Å². The van der Waals surface area contributed by atoms with Gasteiger partial charge < -0.3 is 20.9 Å². The molecule has 1 aromatic carbocycles. The number of nitrogens with one attached hydrogen (secondary N) is 3. The zero-order valence-electron chi connectivity index (χ0n) is 21.1. The van der Waals surface area contributed by atoms with Crippen LogP contribution in [0.4, 0.5) is 28.7 Å². The highest BCUT2D eigenvalue weighted by molar-refractivity contribution is 6.01. The quantitative estimate of drug-likeness (QED) is 0.390. The smallest absolute Gasteiger partial charge is 0.254 e. The second-order valence-electron chi connectivity index (χ2n) is 8.91. The summed E-state index contributed by atoms with van der Waals surface area (Å²) in [5.74, 6) is 3.21. The predicted octanol–water partition coefficient (Wildman–Crippen LogP) is 3.48. The normalized spacial score (nSPS) is 12.1. The summed E-state index contributed by atoms with van der Waals surface area (Å²) in [6.07, 6.45) is 1.55. The van der Waals surface area contributed by atoms with Crippen LogP contribution in [-0.4, -0.2) is 49.7 Å². The third-order valence-corrected chi connectivity index (χ3v) is 5.87. The monoisotopic (exact) mass is 484 g/mol. The number of benzene rings is 1. The van der Waals surface area contributed by atoms with E-state index in [9.17, 15) is 4.79 Å². The number of aryl methyl sites for hydroxylation is 4. The van der Waals surface area contributed by atoms with Crippen molar-refractivity contribution < 1.29 is 4.79 Å². The molecule has 36 heavy (non-hydrogen) atoms. The minimum absolute atomic E-state index is 0.241. The van der Waals surface area contributed by atoms with Crippen molar-refractivity contribution in [3.8, 4) is 5.69 Å². The lowest BCUT2D eigenvalue weighted by Crippen LogP contribution is -2.27. The number of hydrogen-bond acceptors (Lipinski definition) is 9. The summed E-state index contributed by atoms with van der Waals surface area (Å²) < 4.78 is 1.89. The van der Waals surface area contributed by atoms with Gasteiger partial charge in [0.2, 0.25) is 0 Å². The number of carbonyl (C=O) groups excluding carboxylic acids is 1. The Kier molecular flexibility index (Phi) is 5.75. The van der Waals surface area contributed by atoms with Gasteiger partial charge in [-0.3, -0.25) is 4.79 Å². The van der Waals surface area contributed by atoms with Crippen molar-refractivity contribution in [2.45, 2.75) is 34.2 Å². The molecule has 0 saturated carbocycles. The van der Waals surface area contributed by atoms with E-state index in [-0.39, 0.29) is 5.91 Å². The second-order valence-corrected chi connectivity index (χ2v) is 8.91. The van der Waals surface area contributed by atoms with Crippen LogP contribution in [0.3, 0.4) is 0 Å². The largest absolute Gasteiger partial charge is 0.364 e. The lowest BCUT2D eigenvalue weighted by Gasteiger charge is -2.30. The number of rotatable bonds is 5. The number of carbonyl (C=O) groups is 1. The highest BCUT2D eigenvalue weighted by Gasteiger charge is 2.26. The first-order chi connectivity index (χ1) is 17.2. The van der Waals surface area contributed by atoms with E-state index in [1.165, 1.54) is 0 Å². The van der Waals surface area contributed by atoms with Gasteiger partial charge in [0.05, 0.1) is 34.9 Å². The molecule has 0 aliphatic carbocycles. The average molecular weight is 485 g/mol. The minimum atomic E-state index is -0.241. The Morgan fingerprint density at radius 3 is 2.47 bits per heavy atom. The fraction of sp³-hybridized carbons (Fsp3) is 0.280. The van der Waals surface area contributed by atoms with Crippen molar-refractivity contribution in [2.75, 3.05) is 29.6 Å². The zero-order chi connectivity index (χ0) is 25.6. The van der Waals surface area contributed by atoms with E-state index in [0.29, 0.717) is 35.3 Å². The first-order valence-corrected chi connectivity index (χ1v) is 11.6. The highest BCUT2D eigenvalue weighted by atomic mass is 16.1. The molecule has 1 aliphatic heterocycles. The third-order valence-electron chi connectivity index (χ3n) is 5.87. The van der Waals surface area contributed by atoms with Gasteiger partial charge in [0, 0.05) is 38.1 Å². The summed E-state index contributed by atoms with van der Waals surface area (Å²) in [5, 5.41) is 14.0. The van der Waals surface area contributed by atoms with E-state index < -0.39 is 0 Å². The van der Waals surface area contributed by atoms with Crippen LogP contribution >= 0.6 is 0 Å². The molecule has 1 amide bonds. The molecule has 0 atom stereocenters. The van der Waals surface area contributed by atoms with Crippen LogP contribution in [0.5, 0.6) is 0 Å². The number of pyridine rings is 1. The number of anilines is 5. The maximum Gasteiger partial charge on any atom is 0.254 e. The molecule has 184 valence electrons. The molecule has 0 bridgehead atoms. The summed E-state index contributed by atoms with van der Waals surface area (Å²) in [6, 6.07) is 7.80. The van der Waals surface area contributed by atoms with Gasteiger partial charge >= 0.3 is 0 Å². The summed E-state index contributed by atoms with van der Waals surface area (Å²) in [5.41, 5.74) is 5.67. The van der Waals surface area contributed by atoms with E-state index >= 15 is 0 Å². The molecule has 4 aromatic rings.